The van der Waals surface area contributed by atoms with Crippen LogP contribution < -0.4 is 4.74 Å². The van der Waals surface area contributed by atoms with Crippen LogP contribution in [0.25, 0.3) is 22.0 Å². The summed E-state index contributed by atoms with van der Waals surface area (Å²) < 4.78 is 10.6. The highest BCUT2D eigenvalue weighted by Crippen LogP contribution is 2.30. The van der Waals surface area contributed by atoms with Gasteiger partial charge in [0.1, 0.15) is 5.69 Å². The molecule has 2 aromatic carbocycles. The van der Waals surface area contributed by atoms with Gasteiger partial charge in [0.2, 0.25) is 5.88 Å². The van der Waals surface area contributed by atoms with Gasteiger partial charge in [-0.15, -0.1) is 10.2 Å². The SMILES string of the molecule is CCOC(=O)c1ccc(-c2nnc(OCC)c3ccccc23)cc1. The van der Waals surface area contributed by atoms with Gasteiger partial charge in [0.05, 0.1) is 18.8 Å². The van der Waals surface area contributed by atoms with Crippen molar-refractivity contribution in [1.29, 1.82) is 0 Å². The molecule has 3 aromatic rings. The summed E-state index contributed by atoms with van der Waals surface area (Å²) in [7, 11) is 0. The van der Waals surface area contributed by atoms with E-state index in [-0.39, 0.29) is 5.97 Å². The van der Waals surface area contributed by atoms with Crippen LogP contribution >= 0.6 is 0 Å². The first-order valence-corrected chi connectivity index (χ1v) is 7.90. The minimum absolute atomic E-state index is 0.327. The fourth-order valence-electron chi connectivity index (χ4n) is 2.51. The molecule has 0 aliphatic rings. The molecule has 0 aliphatic carbocycles. The van der Waals surface area contributed by atoms with Gasteiger partial charge in [-0.3, -0.25) is 0 Å². The maximum atomic E-state index is 11.8. The zero-order valence-electron chi connectivity index (χ0n) is 13.7. The molecule has 0 atom stereocenters. The maximum absolute atomic E-state index is 11.8. The third-order valence-corrected chi connectivity index (χ3v) is 3.60. The summed E-state index contributed by atoms with van der Waals surface area (Å²) in [6, 6.07) is 15.0. The number of fused-ring (bicyclic) bond motifs is 1. The molecule has 0 radical (unpaired) electrons. The molecule has 122 valence electrons. The summed E-state index contributed by atoms with van der Waals surface area (Å²) in [5.41, 5.74) is 2.16. The molecule has 1 heterocycles. The molecule has 0 unspecified atom stereocenters. The van der Waals surface area contributed by atoms with Gasteiger partial charge in [-0.05, 0) is 32.0 Å². The van der Waals surface area contributed by atoms with Crippen molar-refractivity contribution in [2.45, 2.75) is 13.8 Å². The molecule has 0 spiro atoms. The number of rotatable bonds is 5. The molecule has 1 aromatic heterocycles. The highest BCUT2D eigenvalue weighted by Gasteiger charge is 2.12. The van der Waals surface area contributed by atoms with Crippen LogP contribution in [-0.4, -0.2) is 29.4 Å². The second-order valence-electron chi connectivity index (χ2n) is 5.13. The molecule has 0 N–H and O–H groups in total. The van der Waals surface area contributed by atoms with Crippen LogP contribution in [0.3, 0.4) is 0 Å². The summed E-state index contributed by atoms with van der Waals surface area (Å²) in [6.07, 6.45) is 0. The van der Waals surface area contributed by atoms with Crippen LogP contribution in [-0.2, 0) is 4.74 Å². The zero-order chi connectivity index (χ0) is 16.9. The van der Waals surface area contributed by atoms with Crippen molar-refractivity contribution in [1.82, 2.24) is 10.2 Å². The summed E-state index contributed by atoms with van der Waals surface area (Å²) >= 11 is 0. The molecular formula is C19H18N2O3. The van der Waals surface area contributed by atoms with Gasteiger partial charge in [-0.2, -0.15) is 0 Å². The molecule has 5 heteroatoms. The third-order valence-electron chi connectivity index (χ3n) is 3.60. The Kier molecular flexibility index (Phi) is 4.70. The molecule has 0 saturated heterocycles. The molecule has 0 aliphatic heterocycles. The molecule has 0 fully saturated rings. The minimum Gasteiger partial charge on any atom is -0.476 e. The number of carbonyl (C=O) groups is 1. The van der Waals surface area contributed by atoms with E-state index in [4.69, 9.17) is 9.47 Å². The smallest absolute Gasteiger partial charge is 0.338 e. The van der Waals surface area contributed by atoms with Crippen molar-refractivity contribution in [2.24, 2.45) is 0 Å². The lowest BCUT2D eigenvalue weighted by Crippen LogP contribution is -2.04. The summed E-state index contributed by atoms with van der Waals surface area (Å²) in [4.78, 5) is 11.8. The number of esters is 1. The third kappa shape index (κ3) is 3.06. The first-order chi connectivity index (χ1) is 11.7. The van der Waals surface area contributed by atoms with Crippen LogP contribution in [0.15, 0.2) is 48.5 Å². The predicted molar refractivity (Wildman–Crippen MR) is 92.1 cm³/mol. The lowest BCUT2D eigenvalue weighted by atomic mass is 10.0. The number of nitrogens with zero attached hydrogens (tertiary/aromatic N) is 2. The average Bonchev–Trinajstić information content (AvgIpc) is 2.63. The number of hydrogen-bond acceptors (Lipinski definition) is 5. The molecule has 0 amide bonds. The van der Waals surface area contributed by atoms with Crippen molar-refractivity contribution < 1.29 is 14.3 Å². The second-order valence-corrected chi connectivity index (χ2v) is 5.13. The Balaban J connectivity index is 2.03. The first kappa shape index (κ1) is 15.9. The van der Waals surface area contributed by atoms with Crippen molar-refractivity contribution in [3.8, 4) is 17.1 Å². The van der Waals surface area contributed by atoms with Gasteiger partial charge in [0.25, 0.3) is 0 Å². The summed E-state index contributed by atoms with van der Waals surface area (Å²) in [5.74, 6) is 0.201. The second kappa shape index (κ2) is 7.08. The molecule has 5 nitrogen and oxygen atoms in total. The fourth-order valence-corrected chi connectivity index (χ4v) is 2.51. The highest BCUT2D eigenvalue weighted by molar-refractivity contribution is 5.97. The molecule has 0 saturated carbocycles. The van der Waals surface area contributed by atoms with E-state index in [1.807, 2.05) is 43.3 Å². The standard InChI is InChI=1S/C19H18N2O3/c1-3-23-18-16-8-6-5-7-15(16)17(20-21-18)13-9-11-14(12-10-13)19(22)24-4-2/h5-12H,3-4H2,1-2H3. The van der Waals surface area contributed by atoms with Gasteiger partial charge >= 0.3 is 5.97 Å². The van der Waals surface area contributed by atoms with Gasteiger partial charge in [-0.1, -0.05) is 30.3 Å². The number of ether oxygens (including phenoxy) is 2. The van der Waals surface area contributed by atoms with E-state index in [0.29, 0.717) is 24.7 Å². The normalized spacial score (nSPS) is 10.6. The Labute approximate surface area is 140 Å². The largest absolute Gasteiger partial charge is 0.476 e. The molecule has 3 rings (SSSR count). The van der Waals surface area contributed by atoms with Crippen molar-refractivity contribution in [2.75, 3.05) is 13.2 Å². The van der Waals surface area contributed by atoms with E-state index in [0.717, 1.165) is 22.0 Å². The maximum Gasteiger partial charge on any atom is 0.338 e. The van der Waals surface area contributed by atoms with Gasteiger partial charge in [-0.25, -0.2) is 4.79 Å². The van der Waals surface area contributed by atoms with Crippen molar-refractivity contribution in [3.05, 3.63) is 54.1 Å². The van der Waals surface area contributed by atoms with Crippen molar-refractivity contribution >= 4 is 16.7 Å². The number of aromatic nitrogens is 2. The zero-order valence-corrected chi connectivity index (χ0v) is 13.7. The van der Waals surface area contributed by atoms with Crippen LogP contribution in [0, 0.1) is 0 Å². The van der Waals surface area contributed by atoms with E-state index >= 15 is 0 Å². The van der Waals surface area contributed by atoms with Crippen LogP contribution in [0.4, 0.5) is 0 Å². The predicted octanol–water partition coefficient (Wildman–Crippen LogP) is 3.87. The summed E-state index contributed by atoms with van der Waals surface area (Å²) in [5, 5.41) is 10.4. The Morgan fingerprint density at radius 1 is 0.917 bits per heavy atom. The Hall–Kier alpha value is -2.95. The number of hydrogen-bond donors (Lipinski definition) is 0. The number of carbonyl (C=O) groups excluding carboxylic acids is 1. The molecule has 0 bridgehead atoms. The van der Waals surface area contributed by atoms with E-state index in [9.17, 15) is 4.79 Å². The van der Waals surface area contributed by atoms with Crippen LogP contribution in [0.5, 0.6) is 5.88 Å². The van der Waals surface area contributed by atoms with Crippen molar-refractivity contribution in [3.63, 3.8) is 0 Å². The molecule has 24 heavy (non-hydrogen) atoms. The van der Waals surface area contributed by atoms with E-state index in [2.05, 4.69) is 10.2 Å². The Morgan fingerprint density at radius 2 is 1.62 bits per heavy atom. The Bertz CT molecular complexity index is 860. The van der Waals surface area contributed by atoms with Gasteiger partial charge < -0.3 is 9.47 Å². The fraction of sp³-hybridized carbons (Fsp3) is 0.211. The number of benzene rings is 2. The Morgan fingerprint density at radius 3 is 2.29 bits per heavy atom. The lowest BCUT2D eigenvalue weighted by molar-refractivity contribution is 0.0526. The first-order valence-electron chi connectivity index (χ1n) is 7.90. The molecular weight excluding hydrogens is 304 g/mol. The quantitative estimate of drug-likeness (QED) is 0.667. The van der Waals surface area contributed by atoms with Gasteiger partial charge in [0.15, 0.2) is 0 Å². The summed E-state index contributed by atoms with van der Waals surface area (Å²) in [6.45, 7) is 4.59. The topological polar surface area (TPSA) is 61.3 Å². The lowest BCUT2D eigenvalue weighted by Gasteiger charge is -2.10. The van der Waals surface area contributed by atoms with E-state index in [1.54, 1.807) is 19.1 Å². The highest BCUT2D eigenvalue weighted by atomic mass is 16.5. The average molecular weight is 322 g/mol. The van der Waals surface area contributed by atoms with E-state index < -0.39 is 0 Å². The van der Waals surface area contributed by atoms with E-state index in [1.165, 1.54) is 0 Å². The monoisotopic (exact) mass is 322 g/mol. The minimum atomic E-state index is -0.327. The van der Waals surface area contributed by atoms with Crippen LogP contribution in [0.2, 0.25) is 0 Å². The van der Waals surface area contributed by atoms with Gasteiger partial charge in [0, 0.05) is 16.3 Å². The van der Waals surface area contributed by atoms with Crippen LogP contribution in [0.1, 0.15) is 24.2 Å².